The van der Waals surface area contributed by atoms with Crippen LogP contribution >= 0.6 is 11.6 Å². The minimum atomic E-state index is -3.80. The largest absolute Gasteiger partial charge is 0.352 e. The summed E-state index contributed by atoms with van der Waals surface area (Å²) in [4.78, 5) is 28.8. The summed E-state index contributed by atoms with van der Waals surface area (Å²) in [6.45, 7) is 5.49. The SMILES string of the molecule is CCC(C(=O)NC1CCCC1)N(Cc1ccccc1Cl)C(=O)CN(c1ccccc1C(C)C)S(C)(=O)=O. The summed E-state index contributed by atoms with van der Waals surface area (Å²) < 4.78 is 27.0. The zero-order valence-corrected chi connectivity index (χ0v) is 23.7. The van der Waals surface area contributed by atoms with Gasteiger partial charge < -0.3 is 10.2 Å². The van der Waals surface area contributed by atoms with Crippen molar-refractivity contribution < 1.29 is 18.0 Å². The van der Waals surface area contributed by atoms with Crippen LogP contribution in [0.5, 0.6) is 0 Å². The fourth-order valence-electron chi connectivity index (χ4n) is 4.89. The number of anilines is 1. The molecule has 0 saturated heterocycles. The number of sulfonamides is 1. The Hall–Kier alpha value is -2.58. The van der Waals surface area contributed by atoms with E-state index in [9.17, 15) is 18.0 Å². The molecule has 1 aliphatic rings. The van der Waals surface area contributed by atoms with Crippen molar-refractivity contribution in [2.75, 3.05) is 17.1 Å². The van der Waals surface area contributed by atoms with Crippen LogP contribution in [0.2, 0.25) is 5.02 Å². The molecule has 37 heavy (non-hydrogen) atoms. The lowest BCUT2D eigenvalue weighted by molar-refractivity contribution is -0.140. The lowest BCUT2D eigenvalue weighted by Crippen LogP contribution is -2.53. The molecule has 9 heteroatoms. The third-order valence-electron chi connectivity index (χ3n) is 6.89. The van der Waals surface area contributed by atoms with E-state index in [0.29, 0.717) is 22.7 Å². The molecule has 1 fully saturated rings. The monoisotopic (exact) mass is 547 g/mol. The Balaban J connectivity index is 1.98. The summed E-state index contributed by atoms with van der Waals surface area (Å²) in [5.41, 5.74) is 1.98. The minimum absolute atomic E-state index is 0.0513. The van der Waals surface area contributed by atoms with Crippen molar-refractivity contribution in [2.24, 2.45) is 0 Å². The van der Waals surface area contributed by atoms with Gasteiger partial charge in [0.2, 0.25) is 21.8 Å². The highest BCUT2D eigenvalue weighted by atomic mass is 35.5. The summed E-state index contributed by atoms with van der Waals surface area (Å²) in [6.07, 6.45) is 5.48. The van der Waals surface area contributed by atoms with Gasteiger partial charge in [-0.3, -0.25) is 13.9 Å². The van der Waals surface area contributed by atoms with E-state index in [1.54, 1.807) is 24.3 Å². The molecule has 2 amide bonds. The van der Waals surface area contributed by atoms with Crippen LogP contribution in [0.25, 0.3) is 0 Å². The second kappa shape index (κ2) is 12.8. The summed E-state index contributed by atoms with van der Waals surface area (Å²) >= 11 is 6.42. The highest BCUT2D eigenvalue weighted by Crippen LogP contribution is 2.29. The molecule has 2 aromatic carbocycles. The molecule has 0 heterocycles. The van der Waals surface area contributed by atoms with E-state index >= 15 is 0 Å². The first-order valence-electron chi connectivity index (χ1n) is 12.9. The Morgan fingerprint density at radius 3 is 2.27 bits per heavy atom. The van der Waals surface area contributed by atoms with E-state index in [0.717, 1.165) is 41.8 Å². The number of carbonyl (C=O) groups is 2. The summed E-state index contributed by atoms with van der Waals surface area (Å²) in [7, 11) is -3.80. The van der Waals surface area contributed by atoms with Gasteiger partial charge in [-0.25, -0.2) is 8.42 Å². The van der Waals surface area contributed by atoms with Gasteiger partial charge in [0.1, 0.15) is 12.6 Å². The predicted octanol–water partition coefficient (Wildman–Crippen LogP) is 5.10. The van der Waals surface area contributed by atoms with Crippen molar-refractivity contribution in [1.82, 2.24) is 10.2 Å². The van der Waals surface area contributed by atoms with Crippen molar-refractivity contribution in [1.29, 1.82) is 0 Å². The normalized spacial score (nSPS) is 15.0. The number of hydrogen-bond donors (Lipinski definition) is 1. The maximum Gasteiger partial charge on any atom is 0.244 e. The average Bonchev–Trinajstić information content (AvgIpc) is 3.35. The molecule has 2 aromatic rings. The van der Waals surface area contributed by atoms with Crippen molar-refractivity contribution in [2.45, 2.75) is 77.4 Å². The van der Waals surface area contributed by atoms with Crippen molar-refractivity contribution in [3.8, 4) is 0 Å². The van der Waals surface area contributed by atoms with E-state index in [2.05, 4.69) is 5.32 Å². The molecule has 1 saturated carbocycles. The quantitative estimate of drug-likeness (QED) is 0.424. The van der Waals surface area contributed by atoms with Crippen LogP contribution < -0.4 is 9.62 Å². The Kier molecular flexibility index (Phi) is 10.0. The highest BCUT2D eigenvalue weighted by Gasteiger charge is 2.33. The highest BCUT2D eigenvalue weighted by molar-refractivity contribution is 7.92. The van der Waals surface area contributed by atoms with Gasteiger partial charge in [0.25, 0.3) is 0 Å². The summed E-state index contributed by atoms with van der Waals surface area (Å²) in [5.74, 6) is -0.629. The first-order valence-corrected chi connectivity index (χ1v) is 15.1. The van der Waals surface area contributed by atoms with Gasteiger partial charge in [-0.05, 0) is 48.4 Å². The Bertz CT molecular complexity index is 1200. The number of para-hydroxylation sites is 1. The smallest absolute Gasteiger partial charge is 0.244 e. The summed E-state index contributed by atoms with van der Waals surface area (Å²) in [6, 6.07) is 13.7. The first-order chi connectivity index (χ1) is 17.5. The minimum Gasteiger partial charge on any atom is -0.352 e. The maximum atomic E-state index is 13.9. The van der Waals surface area contributed by atoms with E-state index < -0.39 is 28.5 Å². The molecule has 0 aliphatic heterocycles. The molecule has 0 aromatic heterocycles. The molecule has 1 atom stereocenters. The Morgan fingerprint density at radius 2 is 1.68 bits per heavy atom. The zero-order valence-electron chi connectivity index (χ0n) is 22.1. The number of halogens is 1. The number of amides is 2. The fraction of sp³-hybridized carbons (Fsp3) is 0.500. The van der Waals surface area contributed by atoms with Gasteiger partial charge in [-0.2, -0.15) is 0 Å². The molecule has 0 radical (unpaired) electrons. The molecule has 1 N–H and O–H groups in total. The lowest BCUT2D eigenvalue weighted by Gasteiger charge is -2.34. The van der Waals surface area contributed by atoms with Crippen LogP contribution in [0.4, 0.5) is 5.69 Å². The molecule has 202 valence electrons. The number of rotatable bonds is 11. The van der Waals surface area contributed by atoms with Crippen molar-refractivity contribution >= 4 is 39.1 Å². The van der Waals surface area contributed by atoms with Crippen LogP contribution in [-0.4, -0.2) is 50.0 Å². The molecule has 1 unspecified atom stereocenters. The summed E-state index contributed by atoms with van der Waals surface area (Å²) in [5, 5.41) is 3.59. The first kappa shape index (κ1) is 29.0. The third-order valence-corrected chi connectivity index (χ3v) is 8.39. The van der Waals surface area contributed by atoms with Crippen LogP contribution in [0.1, 0.15) is 69.9 Å². The third kappa shape index (κ3) is 7.48. The zero-order chi connectivity index (χ0) is 27.2. The van der Waals surface area contributed by atoms with E-state index in [1.807, 2.05) is 45.0 Å². The number of carbonyl (C=O) groups excluding carboxylic acids is 2. The molecule has 1 aliphatic carbocycles. The lowest BCUT2D eigenvalue weighted by atomic mass is 10.0. The molecule has 3 rings (SSSR count). The molecule has 0 bridgehead atoms. The Morgan fingerprint density at radius 1 is 1.05 bits per heavy atom. The van der Waals surface area contributed by atoms with Gasteiger partial charge in [0.05, 0.1) is 11.9 Å². The Labute approximate surface area is 226 Å². The molecular formula is C28H38ClN3O4S. The number of nitrogens with zero attached hydrogens (tertiary/aromatic N) is 2. The van der Waals surface area contributed by atoms with E-state index in [-0.39, 0.29) is 24.4 Å². The molecule has 0 spiro atoms. The van der Waals surface area contributed by atoms with E-state index in [1.165, 1.54) is 4.90 Å². The molecule has 7 nitrogen and oxygen atoms in total. The predicted molar refractivity (Wildman–Crippen MR) is 149 cm³/mol. The standard InChI is InChI=1S/C28H38ClN3O4S/c1-5-25(28(34)30-22-13-7-8-14-22)31(18-21-12-6-10-16-24(21)29)27(33)19-32(37(4,35)36)26-17-11-9-15-23(26)20(2)3/h6,9-12,15-17,20,22,25H,5,7-8,13-14,18-19H2,1-4H3,(H,30,34). The second-order valence-electron chi connectivity index (χ2n) is 10.0. The fourth-order valence-corrected chi connectivity index (χ4v) is 5.96. The maximum absolute atomic E-state index is 13.9. The van der Waals surface area contributed by atoms with E-state index in [4.69, 9.17) is 11.6 Å². The van der Waals surface area contributed by atoms with Crippen molar-refractivity contribution in [3.63, 3.8) is 0 Å². The van der Waals surface area contributed by atoms with Gasteiger partial charge in [0, 0.05) is 17.6 Å². The van der Waals surface area contributed by atoms with Crippen molar-refractivity contribution in [3.05, 3.63) is 64.7 Å². The van der Waals surface area contributed by atoms with Crippen LogP contribution in [0, 0.1) is 0 Å². The number of hydrogen-bond acceptors (Lipinski definition) is 4. The van der Waals surface area contributed by atoms with Gasteiger partial charge in [-0.15, -0.1) is 0 Å². The van der Waals surface area contributed by atoms with Crippen LogP contribution in [0.15, 0.2) is 48.5 Å². The van der Waals surface area contributed by atoms with Crippen LogP contribution in [0.3, 0.4) is 0 Å². The van der Waals surface area contributed by atoms with Gasteiger partial charge in [0.15, 0.2) is 0 Å². The second-order valence-corrected chi connectivity index (χ2v) is 12.3. The number of benzene rings is 2. The number of nitrogens with one attached hydrogen (secondary N) is 1. The van der Waals surface area contributed by atoms with Crippen LogP contribution in [-0.2, 0) is 26.2 Å². The van der Waals surface area contributed by atoms with Gasteiger partial charge >= 0.3 is 0 Å². The molecular weight excluding hydrogens is 510 g/mol. The van der Waals surface area contributed by atoms with Gasteiger partial charge in [-0.1, -0.05) is 81.6 Å². The average molecular weight is 548 g/mol. The topological polar surface area (TPSA) is 86.8 Å².